The molecule has 1 rings (SSSR count). The lowest BCUT2D eigenvalue weighted by atomic mass is 9.98. The smallest absolute Gasteiger partial charge is 0.249 e. The van der Waals surface area contributed by atoms with Gasteiger partial charge in [-0.05, 0) is 38.5 Å². The number of allylic oxidation sites excluding steroid dienone is 2. The first kappa shape index (κ1) is 51.9. The molecule has 0 aromatic heterocycles. The van der Waals surface area contributed by atoms with Gasteiger partial charge in [-0.2, -0.15) is 0 Å². The average molecular weight is 788 g/mol. The molecule has 0 aromatic rings. The predicted octanol–water partition coefficient (Wildman–Crippen LogP) is 6.89. The van der Waals surface area contributed by atoms with Crippen LogP contribution in [0.1, 0.15) is 194 Å². The van der Waals surface area contributed by atoms with Crippen molar-refractivity contribution in [2.45, 2.75) is 249 Å². The van der Waals surface area contributed by atoms with E-state index in [0.717, 1.165) is 38.5 Å². The fourth-order valence-corrected chi connectivity index (χ4v) is 7.26. The van der Waals surface area contributed by atoms with Gasteiger partial charge in [-0.25, -0.2) is 0 Å². The van der Waals surface area contributed by atoms with Crippen LogP contribution in [0, 0.1) is 0 Å². The van der Waals surface area contributed by atoms with E-state index in [0.29, 0.717) is 19.3 Å². The molecule has 1 aliphatic rings. The molecule has 8 N–H and O–H groups in total. The van der Waals surface area contributed by atoms with Crippen LogP contribution in [0.25, 0.3) is 0 Å². The summed E-state index contributed by atoms with van der Waals surface area (Å²) in [5.74, 6) is -0.713. The molecule has 0 radical (unpaired) electrons. The first-order valence-electron chi connectivity index (χ1n) is 22.6. The zero-order chi connectivity index (χ0) is 40.5. The minimum atomic E-state index is -1.66. The third-order valence-electron chi connectivity index (χ3n) is 11.1. The Hall–Kier alpha value is -1.15. The quantitative estimate of drug-likeness (QED) is 0.0243. The Labute approximate surface area is 334 Å². The van der Waals surface area contributed by atoms with E-state index < -0.39 is 74.2 Å². The standard InChI is InChI=1S/C44H85NO10/c1-3-5-7-9-11-13-15-17-18-19-20-22-23-25-27-29-31-36(47)39(49)35(34-54-44-42(52)41(51)40(50)38(33-46)55-44)45-43(53)37(48)32-30-28-26-24-21-16-14-12-10-8-6-4-2/h21,24,35-42,44,46-52H,3-20,22-23,25-34H2,1-2H3,(H,45,53)/b24-21-. The van der Waals surface area contributed by atoms with Gasteiger partial charge in [-0.15, -0.1) is 0 Å². The lowest BCUT2D eigenvalue weighted by molar-refractivity contribution is -0.303. The summed E-state index contributed by atoms with van der Waals surface area (Å²) in [6.07, 6.45) is 24.0. The molecule has 1 fully saturated rings. The Bertz CT molecular complexity index is 908. The van der Waals surface area contributed by atoms with Crippen molar-refractivity contribution in [2.75, 3.05) is 13.2 Å². The molecule has 1 aliphatic heterocycles. The van der Waals surface area contributed by atoms with Gasteiger partial charge in [0.2, 0.25) is 5.91 Å². The minimum Gasteiger partial charge on any atom is -0.394 e. The maximum absolute atomic E-state index is 13.0. The average Bonchev–Trinajstić information content (AvgIpc) is 3.18. The third-order valence-corrected chi connectivity index (χ3v) is 11.1. The highest BCUT2D eigenvalue weighted by Gasteiger charge is 2.44. The Balaban J connectivity index is 2.48. The topological polar surface area (TPSA) is 189 Å². The van der Waals surface area contributed by atoms with Gasteiger partial charge in [-0.3, -0.25) is 4.79 Å². The van der Waals surface area contributed by atoms with Crippen molar-refractivity contribution >= 4 is 5.91 Å². The van der Waals surface area contributed by atoms with Gasteiger partial charge in [0.15, 0.2) is 6.29 Å². The summed E-state index contributed by atoms with van der Waals surface area (Å²) in [6, 6.07) is -1.17. The molecule has 0 saturated carbocycles. The summed E-state index contributed by atoms with van der Waals surface area (Å²) in [5.41, 5.74) is 0. The number of rotatable bonds is 37. The van der Waals surface area contributed by atoms with Crippen LogP contribution >= 0.6 is 0 Å². The summed E-state index contributed by atoms with van der Waals surface area (Å²) < 4.78 is 11.1. The second-order valence-electron chi connectivity index (χ2n) is 16.1. The largest absolute Gasteiger partial charge is 0.394 e. The summed E-state index contributed by atoms with van der Waals surface area (Å²) >= 11 is 0. The number of ether oxygens (including phenoxy) is 2. The van der Waals surface area contributed by atoms with Crippen LogP contribution < -0.4 is 5.32 Å². The highest BCUT2D eigenvalue weighted by molar-refractivity contribution is 5.80. The van der Waals surface area contributed by atoms with Crippen LogP contribution in [0.2, 0.25) is 0 Å². The lowest BCUT2D eigenvalue weighted by Gasteiger charge is -2.40. The maximum Gasteiger partial charge on any atom is 0.249 e. The van der Waals surface area contributed by atoms with Crippen molar-refractivity contribution in [2.24, 2.45) is 0 Å². The first-order chi connectivity index (χ1) is 26.7. The molecule has 0 spiro atoms. The number of amides is 1. The van der Waals surface area contributed by atoms with E-state index in [1.54, 1.807) is 0 Å². The number of nitrogens with one attached hydrogen (secondary N) is 1. The number of carbonyl (C=O) groups excluding carboxylic acids is 1. The van der Waals surface area contributed by atoms with E-state index in [1.165, 1.54) is 116 Å². The Kier molecular flexibility index (Phi) is 32.9. The second-order valence-corrected chi connectivity index (χ2v) is 16.1. The zero-order valence-electron chi connectivity index (χ0n) is 34.9. The van der Waals surface area contributed by atoms with E-state index >= 15 is 0 Å². The van der Waals surface area contributed by atoms with Gasteiger partial charge in [0.25, 0.3) is 0 Å². The van der Waals surface area contributed by atoms with Crippen LogP contribution in [0.5, 0.6) is 0 Å². The van der Waals surface area contributed by atoms with Gasteiger partial charge in [0.1, 0.15) is 36.6 Å². The van der Waals surface area contributed by atoms with Crippen LogP contribution in [0.3, 0.4) is 0 Å². The number of aliphatic hydroxyl groups excluding tert-OH is 7. The fraction of sp³-hybridized carbons (Fsp3) is 0.932. The van der Waals surface area contributed by atoms with E-state index in [-0.39, 0.29) is 6.42 Å². The van der Waals surface area contributed by atoms with Crippen molar-refractivity contribution in [1.82, 2.24) is 5.32 Å². The molecular weight excluding hydrogens is 702 g/mol. The molecule has 9 atom stereocenters. The van der Waals surface area contributed by atoms with E-state index in [2.05, 4.69) is 31.3 Å². The summed E-state index contributed by atoms with van der Waals surface area (Å²) in [4.78, 5) is 13.0. The molecule has 9 unspecified atom stereocenters. The maximum atomic E-state index is 13.0. The lowest BCUT2D eigenvalue weighted by Crippen LogP contribution is -2.60. The Morgan fingerprint density at radius 1 is 0.618 bits per heavy atom. The summed E-state index contributed by atoms with van der Waals surface area (Å²) in [7, 11) is 0. The summed E-state index contributed by atoms with van der Waals surface area (Å²) in [6.45, 7) is 3.41. The van der Waals surface area contributed by atoms with Crippen molar-refractivity contribution < 1.29 is 50.0 Å². The molecule has 1 amide bonds. The van der Waals surface area contributed by atoms with Crippen molar-refractivity contribution in [3.63, 3.8) is 0 Å². The molecule has 1 heterocycles. The normalized spacial score (nSPS) is 22.5. The fourth-order valence-electron chi connectivity index (χ4n) is 7.26. The number of unbranched alkanes of at least 4 members (excludes halogenated alkanes) is 23. The highest BCUT2D eigenvalue weighted by Crippen LogP contribution is 2.23. The Morgan fingerprint density at radius 2 is 1.05 bits per heavy atom. The Morgan fingerprint density at radius 3 is 1.55 bits per heavy atom. The zero-order valence-corrected chi connectivity index (χ0v) is 34.9. The number of carbonyl (C=O) groups is 1. The first-order valence-corrected chi connectivity index (χ1v) is 22.6. The van der Waals surface area contributed by atoms with Crippen LogP contribution in [-0.4, -0.2) is 110 Å². The molecule has 1 saturated heterocycles. The molecule has 11 heteroatoms. The second kappa shape index (κ2) is 34.9. The van der Waals surface area contributed by atoms with Gasteiger partial charge in [-0.1, -0.05) is 167 Å². The van der Waals surface area contributed by atoms with Gasteiger partial charge in [0, 0.05) is 0 Å². The molecular formula is C44H85NO10. The van der Waals surface area contributed by atoms with E-state index in [9.17, 15) is 40.5 Å². The van der Waals surface area contributed by atoms with Gasteiger partial charge in [0.05, 0.1) is 25.4 Å². The van der Waals surface area contributed by atoms with Gasteiger partial charge >= 0.3 is 0 Å². The van der Waals surface area contributed by atoms with Crippen molar-refractivity contribution in [3.05, 3.63) is 12.2 Å². The predicted molar refractivity (Wildman–Crippen MR) is 219 cm³/mol. The SMILES string of the molecule is CCCCCCCC/C=C\CCCCC(O)C(=O)NC(COC1OC(CO)C(O)C(O)C1O)C(O)C(O)CCCCCCCCCCCCCCCCCC. The van der Waals surface area contributed by atoms with Crippen LogP contribution in [-0.2, 0) is 14.3 Å². The van der Waals surface area contributed by atoms with Crippen LogP contribution in [0.15, 0.2) is 12.2 Å². The highest BCUT2D eigenvalue weighted by atomic mass is 16.7. The van der Waals surface area contributed by atoms with Gasteiger partial charge < -0.3 is 50.5 Å². The molecule has 55 heavy (non-hydrogen) atoms. The van der Waals surface area contributed by atoms with Crippen molar-refractivity contribution in [1.29, 1.82) is 0 Å². The van der Waals surface area contributed by atoms with Crippen molar-refractivity contribution in [3.8, 4) is 0 Å². The molecule has 326 valence electrons. The number of aliphatic hydroxyl groups is 7. The molecule has 11 nitrogen and oxygen atoms in total. The molecule has 0 aliphatic carbocycles. The third kappa shape index (κ3) is 25.1. The van der Waals surface area contributed by atoms with Crippen LogP contribution in [0.4, 0.5) is 0 Å². The van der Waals surface area contributed by atoms with E-state index in [1.807, 2.05) is 0 Å². The molecule has 0 bridgehead atoms. The summed E-state index contributed by atoms with van der Waals surface area (Å²) in [5, 5.41) is 75.5. The monoisotopic (exact) mass is 788 g/mol. The minimum absolute atomic E-state index is 0.231. The molecule has 0 aromatic carbocycles. The van der Waals surface area contributed by atoms with E-state index in [4.69, 9.17) is 9.47 Å². The number of hydrogen-bond acceptors (Lipinski definition) is 10. The number of hydrogen-bond donors (Lipinski definition) is 8.